The molecule has 106 valence electrons. The van der Waals surface area contributed by atoms with Crippen LogP contribution in [-0.2, 0) is 6.54 Å². The van der Waals surface area contributed by atoms with Gasteiger partial charge in [-0.3, -0.25) is 10.1 Å². The van der Waals surface area contributed by atoms with Gasteiger partial charge in [0.15, 0.2) is 0 Å². The number of nitro benzene ring substituents is 1. The number of hydrogen-bond donors (Lipinski definition) is 1. The average molecular weight is 286 g/mol. The summed E-state index contributed by atoms with van der Waals surface area (Å²) in [7, 11) is 4.01. The van der Waals surface area contributed by atoms with E-state index in [-0.39, 0.29) is 16.1 Å². The van der Waals surface area contributed by atoms with Gasteiger partial charge in [-0.25, -0.2) is 0 Å². The van der Waals surface area contributed by atoms with Crippen LogP contribution in [0.25, 0.3) is 0 Å². The van der Waals surface area contributed by atoms with E-state index in [2.05, 4.69) is 24.1 Å². The highest BCUT2D eigenvalue weighted by molar-refractivity contribution is 6.30. The lowest BCUT2D eigenvalue weighted by molar-refractivity contribution is -0.385. The van der Waals surface area contributed by atoms with Gasteiger partial charge in [-0.05, 0) is 40.1 Å². The number of nitro groups is 1. The molecule has 0 aliphatic heterocycles. The second-order valence-corrected chi connectivity index (χ2v) is 5.78. The topological polar surface area (TPSA) is 58.4 Å². The van der Waals surface area contributed by atoms with Crippen LogP contribution in [0.15, 0.2) is 18.2 Å². The Kier molecular flexibility index (Phi) is 5.29. The molecule has 6 heteroatoms. The Hall–Kier alpha value is -1.17. The number of benzene rings is 1. The highest BCUT2D eigenvalue weighted by Gasteiger charge is 2.20. The van der Waals surface area contributed by atoms with Crippen LogP contribution in [0, 0.1) is 10.1 Å². The maximum atomic E-state index is 10.9. The van der Waals surface area contributed by atoms with E-state index >= 15 is 0 Å². The minimum atomic E-state index is -0.384. The van der Waals surface area contributed by atoms with E-state index in [9.17, 15) is 10.1 Å². The molecule has 0 bridgehead atoms. The van der Waals surface area contributed by atoms with Crippen LogP contribution in [0.5, 0.6) is 0 Å². The van der Waals surface area contributed by atoms with Gasteiger partial charge >= 0.3 is 0 Å². The molecule has 0 fully saturated rings. The summed E-state index contributed by atoms with van der Waals surface area (Å²) >= 11 is 5.88. The Labute approximate surface area is 118 Å². The fourth-order valence-electron chi connectivity index (χ4n) is 1.53. The van der Waals surface area contributed by atoms with Crippen LogP contribution in [0.3, 0.4) is 0 Å². The van der Waals surface area contributed by atoms with Gasteiger partial charge in [0, 0.05) is 35.3 Å². The third kappa shape index (κ3) is 4.45. The van der Waals surface area contributed by atoms with E-state index in [0.717, 1.165) is 6.54 Å². The smallest absolute Gasteiger partial charge is 0.273 e. The molecule has 5 nitrogen and oxygen atoms in total. The molecule has 0 spiro atoms. The Balaban J connectivity index is 2.73. The average Bonchev–Trinajstić information content (AvgIpc) is 2.28. The first-order chi connectivity index (χ1) is 8.74. The fourth-order valence-corrected chi connectivity index (χ4v) is 1.73. The maximum Gasteiger partial charge on any atom is 0.273 e. The molecule has 1 N–H and O–H groups in total. The summed E-state index contributed by atoms with van der Waals surface area (Å²) in [6.07, 6.45) is 0. The van der Waals surface area contributed by atoms with E-state index in [1.54, 1.807) is 6.07 Å². The van der Waals surface area contributed by atoms with Crippen molar-refractivity contribution in [3.8, 4) is 0 Å². The molecule has 0 saturated heterocycles. The van der Waals surface area contributed by atoms with Crippen molar-refractivity contribution < 1.29 is 4.92 Å². The number of nitrogens with zero attached hydrogens (tertiary/aromatic N) is 2. The van der Waals surface area contributed by atoms with E-state index in [4.69, 9.17) is 11.6 Å². The largest absolute Gasteiger partial charge is 0.311 e. The zero-order valence-electron chi connectivity index (χ0n) is 11.7. The Morgan fingerprint density at radius 3 is 2.58 bits per heavy atom. The number of nitrogens with one attached hydrogen (secondary N) is 1. The second-order valence-electron chi connectivity index (χ2n) is 5.34. The molecule has 0 amide bonds. The van der Waals surface area contributed by atoms with Crippen LogP contribution in [-0.4, -0.2) is 36.0 Å². The zero-order valence-corrected chi connectivity index (χ0v) is 12.5. The molecule has 1 aromatic rings. The molecule has 0 heterocycles. The van der Waals surface area contributed by atoms with Crippen LogP contribution in [0.1, 0.15) is 19.4 Å². The minimum absolute atomic E-state index is 0.0205. The quantitative estimate of drug-likeness (QED) is 0.645. The molecular formula is C13H20ClN3O2. The van der Waals surface area contributed by atoms with Crippen molar-refractivity contribution in [3.63, 3.8) is 0 Å². The summed E-state index contributed by atoms with van der Waals surface area (Å²) in [5.41, 5.74) is 0.680. The number of halogens is 1. The zero-order chi connectivity index (χ0) is 14.6. The van der Waals surface area contributed by atoms with Crippen molar-refractivity contribution in [1.82, 2.24) is 10.2 Å². The van der Waals surface area contributed by atoms with Crippen molar-refractivity contribution in [2.24, 2.45) is 0 Å². The monoisotopic (exact) mass is 285 g/mol. The Morgan fingerprint density at radius 1 is 1.42 bits per heavy atom. The Bertz CT molecular complexity index is 461. The molecule has 1 rings (SSSR count). The number of likely N-dealkylation sites (N-methyl/N-ethyl adjacent to an activating group) is 1. The van der Waals surface area contributed by atoms with Gasteiger partial charge in [0.25, 0.3) is 5.69 Å². The molecule has 0 aliphatic rings. The van der Waals surface area contributed by atoms with Crippen molar-refractivity contribution in [3.05, 3.63) is 38.9 Å². The molecule has 0 atom stereocenters. The molecule has 0 aliphatic carbocycles. The first-order valence-electron chi connectivity index (χ1n) is 6.05. The van der Waals surface area contributed by atoms with E-state index in [0.29, 0.717) is 17.1 Å². The standard InChI is InChI=1S/C13H20ClN3O2/c1-13(2,16(3)4)9-15-8-10-7-11(14)5-6-12(10)17(18)19/h5-7,15H,8-9H2,1-4H3. The molecule has 0 unspecified atom stereocenters. The second kappa shape index (κ2) is 6.32. The predicted molar refractivity (Wildman–Crippen MR) is 77.6 cm³/mol. The molecule has 0 aromatic heterocycles. The first-order valence-corrected chi connectivity index (χ1v) is 6.43. The normalized spacial score (nSPS) is 11.9. The third-order valence-corrected chi connectivity index (χ3v) is 3.56. The molecule has 0 saturated carbocycles. The van der Waals surface area contributed by atoms with Gasteiger partial charge in [0.1, 0.15) is 0 Å². The van der Waals surface area contributed by atoms with Crippen LogP contribution in [0.4, 0.5) is 5.69 Å². The lowest BCUT2D eigenvalue weighted by Gasteiger charge is -2.32. The van der Waals surface area contributed by atoms with Gasteiger partial charge in [-0.2, -0.15) is 0 Å². The van der Waals surface area contributed by atoms with Gasteiger partial charge in [0.2, 0.25) is 0 Å². The van der Waals surface area contributed by atoms with Crippen molar-refractivity contribution in [2.45, 2.75) is 25.9 Å². The SMILES string of the molecule is CN(C)C(C)(C)CNCc1cc(Cl)ccc1[N+](=O)[O-]. The summed E-state index contributed by atoms with van der Waals surface area (Å²) in [5.74, 6) is 0. The van der Waals surface area contributed by atoms with Crippen molar-refractivity contribution in [1.29, 1.82) is 0 Å². The third-order valence-electron chi connectivity index (χ3n) is 3.32. The number of hydrogen-bond acceptors (Lipinski definition) is 4. The van der Waals surface area contributed by atoms with Gasteiger partial charge in [-0.15, -0.1) is 0 Å². The van der Waals surface area contributed by atoms with E-state index in [1.165, 1.54) is 12.1 Å². The summed E-state index contributed by atoms with van der Waals surface area (Å²) in [6.45, 7) is 5.36. The van der Waals surface area contributed by atoms with Gasteiger partial charge < -0.3 is 10.2 Å². The number of rotatable bonds is 6. The van der Waals surface area contributed by atoms with Crippen molar-refractivity contribution in [2.75, 3.05) is 20.6 Å². The van der Waals surface area contributed by atoms with Gasteiger partial charge in [0.05, 0.1) is 4.92 Å². The highest BCUT2D eigenvalue weighted by atomic mass is 35.5. The summed E-state index contributed by atoms with van der Waals surface area (Å²) < 4.78 is 0. The maximum absolute atomic E-state index is 10.9. The van der Waals surface area contributed by atoms with E-state index < -0.39 is 0 Å². The molecule has 0 radical (unpaired) electrons. The summed E-state index contributed by atoms with van der Waals surface area (Å²) in [5, 5.41) is 14.7. The molecule has 1 aromatic carbocycles. The lowest BCUT2D eigenvalue weighted by atomic mass is 10.0. The predicted octanol–water partition coefficient (Wildman–Crippen LogP) is 2.68. The molecular weight excluding hydrogens is 266 g/mol. The Morgan fingerprint density at radius 2 is 2.05 bits per heavy atom. The van der Waals surface area contributed by atoms with Crippen LogP contribution >= 0.6 is 11.6 Å². The molecule has 19 heavy (non-hydrogen) atoms. The van der Waals surface area contributed by atoms with Crippen LogP contribution in [0.2, 0.25) is 5.02 Å². The minimum Gasteiger partial charge on any atom is -0.311 e. The summed E-state index contributed by atoms with van der Waals surface area (Å²) in [6, 6.07) is 4.61. The van der Waals surface area contributed by atoms with Crippen molar-refractivity contribution >= 4 is 17.3 Å². The highest BCUT2D eigenvalue weighted by Crippen LogP contribution is 2.22. The van der Waals surface area contributed by atoms with Gasteiger partial charge in [-0.1, -0.05) is 11.6 Å². The first kappa shape index (κ1) is 15.9. The summed E-state index contributed by atoms with van der Waals surface area (Å²) in [4.78, 5) is 12.6. The lowest BCUT2D eigenvalue weighted by Crippen LogP contribution is -2.46. The van der Waals surface area contributed by atoms with E-state index in [1.807, 2.05) is 14.1 Å². The van der Waals surface area contributed by atoms with Crippen LogP contribution < -0.4 is 5.32 Å². The fraction of sp³-hybridized carbons (Fsp3) is 0.538.